The highest BCUT2D eigenvalue weighted by molar-refractivity contribution is 5.94. The van der Waals surface area contributed by atoms with Crippen molar-refractivity contribution in [3.63, 3.8) is 0 Å². The van der Waals surface area contributed by atoms with Crippen LogP contribution < -0.4 is 5.48 Å². The molecule has 0 atom stereocenters. The number of hydrogen-bond donors (Lipinski definition) is 1. The maximum absolute atomic E-state index is 11.8. The summed E-state index contributed by atoms with van der Waals surface area (Å²) < 4.78 is 1.98. The fourth-order valence-electron chi connectivity index (χ4n) is 1.72. The summed E-state index contributed by atoms with van der Waals surface area (Å²) in [4.78, 5) is 16.7. The molecule has 0 radical (unpaired) electrons. The zero-order valence-corrected chi connectivity index (χ0v) is 10.5. The van der Waals surface area contributed by atoms with Gasteiger partial charge in [0.25, 0.3) is 5.91 Å². The molecule has 1 aromatic carbocycles. The van der Waals surface area contributed by atoms with Crippen molar-refractivity contribution in [1.29, 1.82) is 0 Å². The summed E-state index contributed by atoms with van der Waals surface area (Å²) in [6, 6.07) is 9.47. The number of hydroxylamine groups is 1. The molecule has 0 aliphatic carbocycles. The van der Waals surface area contributed by atoms with Gasteiger partial charge in [-0.05, 0) is 43.7 Å². The maximum Gasteiger partial charge on any atom is 0.274 e. The van der Waals surface area contributed by atoms with E-state index in [0.29, 0.717) is 12.2 Å². The highest BCUT2D eigenvalue weighted by Crippen LogP contribution is 2.16. The average Bonchev–Trinajstić information content (AvgIpc) is 2.90. The number of nitrogens with one attached hydrogen (secondary N) is 1. The van der Waals surface area contributed by atoms with Crippen molar-refractivity contribution >= 4 is 5.91 Å². The minimum absolute atomic E-state index is 0.231. The minimum atomic E-state index is -0.231. The zero-order chi connectivity index (χ0) is 13.0. The lowest BCUT2D eigenvalue weighted by Gasteiger charge is -2.10. The van der Waals surface area contributed by atoms with Gasteiger partial charge in [-0.25, -0.2) is 5.48 Å². The Morgan fingerprint density at radius 2 is 2.06 bits per heavy atom. The van der Waals surface area contributed by atoms with E-state index in [9.17, 15) is 4.79 Å². The van der Waals surface area contributed by atoms with Gasteiger partial charge in [0.15, 0.2) is 0 Å². The molecule has 4 heteroatoms. The fourth-order valence-corrected chi connectivity index (χ4v) is 1.72. The van der Waals surface area contributed by atoms with Crippen molar-refractivity contribution in [1.82, 2.24) is 10.0 Å². The monoisotopic (exact) mass is 244 g/mol. The molecule has 0 aliphatic heterocycles. The number of nitrogens with zero attached hydrogens (tertiary/aromatic N) is 1. The molecule has 0 saturated heterocycles. The second-order valence-corrected chi connectivity index (χ2v) is 3.96. The molecule has 0 aliphatic rings. The van der Waals surface area contributed by atoms with E-state index in [-0.39, 0.29) is 5.91 Å². The highest BCUT2D eigenvalue weighted by Gasteiger charge is 2.08. The van der Waals surface area contributed by atoms with Crippen molar-refractivity contribution in [3.8, 4) is 5.69 Å². The minimum Gasteiger partial charge on any atom is -0.324 e. The number of carbonyl (C=O) groups is 1. The number of benzene rings is 1. The number of aromatic nitrogens is 1. The van der Waals surface area contributed by atoms with E-state index in [1.54, 1.807) is 6.07 Å². The second-order valence-electron chi connectivity index (χ2n) is 3.96. The van der Waals surface area contributed by atoms with Crippen LogP contribution in [0.3, 0.4) is 0 Å². The van der Waals surface area contributed by atoms with E-state index >= 15 is 0 Å². The Morgan fingerprint density at radius 1 is 1.33 bits per heavy atom. The molecule has 0 bridgehead atoms. The third-order valence-corrected chi connectivity index (χ3v) is 2.66. The quantitative estimate of drug-likeness (QED) is 0.839. The largest absolute Gasteiger partial charge is 0.324 e. The Hall–Kier alpha value is -2.07. The van der Waals surface area contributed by atoms with Crippen LogP contribution in [-0.4, -0.2) is 17.1 Å². The lowest BCUT2D eigenvalue weighted by Crippen LogP contribution is -2.23. The van der Waals surface area contributed by atoms with Crippen LogP contribution >= 0.6 is 0 Å². The number of hydrogen-bond acceptors (Lipinski definition) is 2. The summed E-state index contributed by atoms with van der Waals surface area (Å²) >= 11 is 0. The molecule has 0 unspecified atom stereocenters. The first-order chi connectivity index (χ1) is 8.72. The van der Waals surface area contributed by atoms with Crippen LogP contribution in [0, 0.1) is 6.92 Å². The lowest BCUT2D eigenvalue weighted by molar-refractivity contribution is 0.0364. The molecule has 1 amide bonds. The van der Waals surface area contributed by atoms with Gasteiger partial charge >= 0.3 is 0 Å². The van der Waals surface area contributed by atoms with E-state index in [2.05, 4.69) is 5.48 Å². The van der Waals surface area contributed by atoms with Crippen LogP contribution in [0.15, 0.2) is 42.7 Å². The molecule has 0 spiro atoms. The van der Waals surface area contributed by atoms with E-state index in [1.165, 1.54) is 0 Å². The Kier molecular flexibility index (Phi) is 3.79. The van der Waals surface area contributed by atoms with Crippen molar-refractivity contribution in [3.05, 3.63) is 53.9 Å². The number of amides is 1. The molecule has 0 saturated carbocycles. The van der Waals surface area contributed by atoms with Crippen LogP contribution in [0.1, 0.15) is 22.8 Å². The van der Waals surface area contributed by atoms with Gasteiger partial charge in [-0.15, -0.1) is 0 Å². The van der Waals surface area contributed by atoms with Gasteiger partial charge in [-0.3, -0.25) is 9.63 Å². The predicted octanol–water partition coefficient (Wildman–Crippen LogP) is 2.47. The molecule has 0 fully saturated rings. The third-order valence-electron chi connectivity index (χ3n) is 2.66. The van der Waals surface area contributed by atoms with Crippen molar-refractivity contribution in [2.45, 2.75) is 13.8 Å². The summed E-state index contributed by atoms with van der Waals surface area (Å²) in [6.45, 7) is 4.28. The van der Waals surface area contributed by atoms with E-state index in [0.717, 1.165) is 11.3 Å². The summed E-state index contributed by atoms with van der Waals surface area (Å²) in [6.07, 6.45) is 3.90. The molecular weight excluding hydrogens is 228 g/mol. The molecule has 4 nitrogen and oxygen atoms in total. The van der Waals surface area contributed by atoms with Gasteiger partial charge in [-0.2, -0.15) is 0 Å². The molecule has 1 heterocycles. The van der Waals surface area contributed by atoms with E-state index < -0.39 is 0 Å². The zero-order valence-electron chi connectivity index (χ0n) is 10.5. The Bertz CT molecular complexity index is 533. The molecule has 94 valence electrons. The number of carbonyl (C=O) groups excluding carboxylic acids is 1. The molecule has 18 heavy (non-hydrogen) atoms. The average molecular weight is 244 g/mol. The van der Waals surface area contributed by atoms with Gasteiger partial charge in [0.05, 0.1) is 6.61 Å². The van der Waals surface area contributed by atoms with Crippen LogP contribution in [0.25, 0.3) is 5.69 Å². The highest BCUT2D eigenvalue weighted by atomic mass is 16.6. The van der Waals surface area contributed by atoms with Gasteiger partial charge in [0, 0.05) is 23.6 Å². The van der Waals surface area contributed by atoms with Gasteiger partial charge < -0.3 is 4.57 Å². The number of rotatable bonds is 4. The van der Waals surface area contributed by atoms with Crippen LogP contribution in [-0.2, 0) is 4.84 Å². The van der Waals surface area contributed by atoms with Gasteiger partial charge in [0.1, 0.15) is 0 Å². The van der Waals surface area contributed by atoms with Crippen molar-refractivity contribution in [2.24, 2.45) is 0 Å². The molecule has 2 rings (SSSR count). The fraction of sp³-hybridized carbons (Fsp3) is 0.214. The van der Waals surface area contributed by atoms with Crippen LogP contribution in [0.5, 0.6) is 0 Å². The van der Waals surface area contributed by atoms with Gasteiger partial charge in [0.2, 0.25) is 0 Å². The Morgan fingerprint density at radius 3 is 2.72 bits per heavy atom. The first-order valence-electron chi connectivity index (χ1n) is 5.88. The first kappa shape index (κ1) is 12.4. The van der Waals surface area contributed by atoms with Crippen LogP contribution in [0.4, 0.5) is 0 Å². The standard InChI is InChI=1S/C14H16N2O2/c1-3-18-15-14(17)12-7-6-11(2)13(10-12)16-8-4-5-9-16/h4-10H,3H2,1-2H3,(H,15,17). The normalized spacial score (nSPS) is 10.3. The lowest BCUT2D eigenvalue weighted by atomic mass is 10.1. The molecule has 1 N–H and O–H groups in total. The molecular formula is C14H16N2O2. The van der Waals surface area contributed by atoms with Gasteiger partial charge in [-0.1, -0.05) is 6.07 Å². The summed E-state index contributed by atoms with van der Waals surface area (Å²) in [5, 5.41) is 0. The van der Waals surface area contributed by atoms with Crippen molar-refractivity contribution in [2.75, 3.05) is 6.61 Å². The van der Waals surface area contributed by atoms with E-state index in [1.807, 2.05) is 55.1 Å². The summed E-state index contributed by atoms with van der Waals surface area (Å²) in [5.74, 6) is -0.231. The first-order valence-corrected chi connectivity index (χ1v) is 5.88. The second kappa shape index (κ2) is 5.51. The number of aryl methyl sites for hydroxylation is 1. The molecule has 1 aromatic heterocycles. The summed E-state index contributed by atoms with van der Waals surface area (Å²) in [5.41, 5.74) is 5.07. The topological polar surface area (TPSA) is 43.3 Å². The Balaban J connectivity index is 2.29. The third kappa shape index (κ3) is 2.60. The SMILES string of the molecule is CCONC(=O)c1ccc(C)c(-n2cccc2)c1. The van der Waals surface area contributed by atoms with Crippen LogP contribution in [0.2, 0.25) is 0 Å². The summed E-state index contributed by atoms with van der Waals surface area (Å²) in [7, 11) is 0. The maximum atomic E-state index is 11.8. The Labute approximate surface area is 106 Å². The molecule has 2 aromatic rings. The van der Waals surface area contributed by atoms with E-state index in [4.69, 9.17) is 4.84 Å². The van der Waals surface area contributed by atoms with Crippen molar-refractivity contribution < 1.29 is 9.63 Å². The predicted molar refractivity (Wildman–Crippen MR) is 69.6 cm³/mol. The smallest absolute Gasteiger partial charge is 0.274 e.